The van der Waals surface area contributed by atoms with Crippen LogP contribution in [-0.4, -0.2) is 30.2 Å². The SMILES string of the molecule is CC(C)C1CCCN1S(=O)(=O)c1cc(N)ccc1[N+](=O)[O-]. The molecule has 21 heavy (non-hydrogen) atoms. The van der Waals surface area contributed by atoms with Crippen LogP contribution in [0.3, 0.4) is 0 Å². The van der Waals surface area contributed by atoms with Crippen molar-refractivity contribution in [1.29, 1.82) is 0 Å². The van der Waals surface area contributed by atoms with Gasteiger partial charge in [-0.25, -0.2) is 8.42 Å². The zero-order valence-corrected chi connectivity index (χ0v) is 12.8. The lowest BCUT2D eigenvalue weighted by atomic mass is 10.0. The van der Waals surface area contributed by atoms with E-state index in [4.69, 9.17) is 5.73 Å². The molecule has 8 heteroatoms. The van der Waals surface area contributed by atoms with E-state index in [1.165, 1.54) is 16.4 Å². The molecule has 2 N–H and O–H groups in total. The van der Waals surface area contributed by atoms with Crippen molar-refractivity contribution >= 4 is 21.4 Å². The maximum atomic E-state index is 12.8. The molecule has 1 aromatic rings. The Morgan fingerprint density at radius 1 is 1.43 bits per heavy atom. The van der Waals surface area contributed by atoms with Crippen LogP contribution < -0.4 is 5.73 Å². The van der Waals surface area contributed by atoms with Gasteiger partial charge in [-0.2, -0.15) is 4.31 Å². The number of nitro groups is 1. The maximum absolute atomic E-state index is 12.8. The van der Waals surface area contributed by atoms with E-state index in [0.29, 0.717) is 6.54 Å². The summed E-state index contributed by atoms with van der Waals surface area (Å²) in [6, 6.07) is 3.52. The van der Waals surface area contributed by atoms with Crippen LogP contribution in [0.1, 0.15) is 26.7 Å². The van der Waals surface area contributed by atoms with Crippen LogP contribution in [0, 0.1) is 16.0 Å². The average Bonchev–Trinajstić information content (AvgIpc) is 2.88. The number of rotatable bonds is 4. The van der Waals surface area contributed by atoms with Crippen molar-refractivity contribution in [3.8, 4) is 0 Å². The highest BCUT2D eigenvalue weighted by Crippen LogP contribution is 2.34. The molecule has 0 spiro atoms. The molecule has 1 atom stereocenters. The summed E-state index contributed by atoms with van der Waals surface area (Å²) in [7, 11) is -3.92. The smallest absolute Gasteiger partial charge is 0.289 e. The van der Waals surface area contributed by atoms with Crippen molar-refractivity contribution in [3.63, 3.8) is 0 Å². The highest BCUT2D eigenvalue weighted by Gasteiger charge is 2.39. The molecule has 0 amide bonds. The van der Waals surface area contributed by atoms with Gasteiger partial charge in [-0.15, -0.1) is 0 Å². The fraction of sp³-hybridized carbons (Fsp3) is 0.538. The Morgan fingerprint density at radius 3 is 2.67 bits per heavy atom. The van der Waals surface area contributed by atoms with E-state index < -0.39 is 20.6 Å². The molecule has 1 saturated heterocycles. The first-order chi connectivity index (χ1) is 9.75. The molecule has 1 fully saturated rings. The predicted molar refractivity (Wildman–Crippen MR) is 79.3 cm³/mol. The number of nitrogens with zero attached hydrogens (tertiary/aromatic N) is 2. The summed E-state index contributed by atoms with van der Waals surface area (Å²) >= 11 is 0. The van der Waals surface area contributed by atoms with Gasteiger partial charge in [-0.3, -0.25) is 10.1 Å². The third-order valence-corrected chi connectivity index (χ3v) is 5.74. The van der Waals surface area contributed by atoms with Crippen LogP contribution in [0.15, 0.2) is 23.1 Å². The van der Waals surface area contributed by atoms with Crippen LogP contribution in [0.2, 0.25) is 0 Å². The van der Waals surface area contributed by atoms with Crippen LogP contribution in [0.5, 0.6) is 0 Å². The number of sulfonamides is 1. The second kappa shape index (κ2) is 5.61. The zero-order chi connectivity index (χ0) is 15.8. The highest BCUT2D eigenvalue weighted by atomic mass is 32.2. The van der Waals surface area contributed by atoms with E-state index >= 15 is 0 Å². The van der Waals surface area contributed by atoms with Gasteiger partial charge in [0.25, 0.3) is 5.69 Å². The molecule has 1 unspecified atom stereocenters. The van der Waals surface area contributed by atoms with E-state index in [9.17, 15) is 18.5 Å². The Bertz CT molecular complexity index is 657. The van der Waals surface area contributed by atoms with Gasteiger partial charge in [0.2, 0.25) is 10.0 Å². The molecule has 1 aliphatic rings. The van der Waals surface area contributed by atoms with E-state index in [2.05, 4.69) is 0 Å². The normalized spacial score (nSPS) is 20.0. The number of nitro benzene ring substituents is 1. The third-order valence-electron chi connectivity index (χ3n) is 3.79. The number of hydrogen-bond donors (Lipinski definition) is 1. The Balaban J connectivity index is 2.54. The standard InChI is InChI=1S/C13H19N3O4S/c1-9(2)11-4-3-7-15(11)21(19,20)13-8-10(14)5-6-12(13)16(17)18/h5-6,8-9,11H,3-4,7,14H2,1-2H3. The van der Waals surface area contributed by atoms with Gasteiger partial charge in [0.15, 0.2) is 4.90 Å². The lowest BCUT2D eigenvalue weighted by Gasteiger charge is -2.26. The Morgan fingerprint density at radius 2 is 2.10 bits per heavy atom. The molecular weight excluding hydrogens is 294 g/mol. The van der Waals surface area contributed by atoms with Crippen molar-refractivity contribution in [2.24, 2.45) is 5.92 Å². The van der Waals surface area contributed by atoms with Crippen LogP contribution >= 0.6 is 0 Å². The molecule has 7 nitrogen and oxygen atoms in total. The van der Waals surface area contributed by atoms with Crippen LogP contribution in [0.25, 0.3) is 0 Å². The summed E-state index contributed by atoms with van der Waals surface area (Å²) in [6.45, 7) is 4.29. The Kier molecular flexibility index (Phi) is 4.20. The summed E-state index contributed by atoms with van der Waals surface area (Å²) in [6.07, 6.45) is 1.53. The topological polar surface area (TPSA) is 107 Å². The van der Waals surface area contributed by atoms with E-state index in [0.717, 1.165) is 18.9 Å². The molecule has 0 bridgehead atoms. The summed E-state index contributed by atoms with van der Waals surface area (Å²) in [5, 5.41) is 11.1. The van der Waals surface area contributed by atoms with Crippen molar-refractivity contribution in [3.05, 3.63) is 28.3 Å². The Labute approximate surface area is 123 Å². The molecule has 0 radical (unpaired) electrons. The van der Waals surface area contributed by atoms with Gasteiger partial charge in [0.05, 0.1) is 4.92 Å². The van der Waals surface area contributed by atoms with Gasteiger partial charge in [0.1, 0.15) is 0 Å². The van der Waals surface area contributed by atoms with E-state index in [1.54, 1.807) is 0 Å². The van der Waals surface area contributed by atoms with Crippen LogP contribution in [-0.2, 0) is 10.0 Å². The lowest BCUT2D eigenvalue weighted by molar-refractivity contribution is -0.387. The maximum Gasteiger partial charge on any atom is 0.289 e. The van der Waals surface area contributed by atoms with Gasteiger partial charge in [-0.05, 0) is 30.9 Å². The fourth-order valence-electron chi connectivity index (χ4n) is 2.74. The van der Waals surface area contributed by atoms with Crippen molar-refractivity contribution in [2.45, 2.75) is 37.6 Å². The first-order valence-electron chi connectivity index (χ1n) is 6.81. The summed E-state index contributed by atoms with van der Waals surface area (Å²) in [5.41, 5.74) is 5.37. The minimum Gasteiger partial charge on any atom is -0.399 e. The number of nitrogen functional groups attached to an aromatic ring is 1. The second-order valence-corrected chi connectivity index (χ2v) is 7.41. The minimum atomic E-state index is -3.92. The predicted octanol–water partition coefficient (Wildman–Crippen LogP) is 1.99. The quantitative estimate of drug-likeness (QED) is 0.519. The van der Waals surface area contributed by atoms with Crippen LogP contribution in [0.4, 0.5) is 11.4 Å². The molecule has 1 heterocycles. The lowest BCUT2D eigenvalue weighted by Crippen LogP contribution is -2.38. The number of anilines is 1. The van der Waals surface area contributed by atoms with Crippen molar-refractivity contribution < 1.29 is 13.3 Å². The molecule has 0 aromatic heterocycles. The summed E-state index contributed by atoms with van der Waals surface area (Å²) < 4.78 is 27.0. The fourth-order valence-corrected chi connectivity index (χ4v) is 4.76. The second-order valence-electron chi connectivity index (χ2n) is 5.55. The van der Waals surface area contributed by atoms with Gasteiger partial charge < -0.3 is 5.73 Å². The minimum absolute atomic E-state index is 0.129. The average molecular weight is 313 g/mol. The number of benzene rings is 1. The molecule has 116 valence electrons. The summed E-state index contributed by atoms with van der Waals surface area (Å²) in [4.78, 5) is 10.1. The summed E-state index contributed by atoms with van der Waals surface area (Å²) in [5.74, 6) is 0.155. The molecule has 0 aliphatic carbocycles. The zero-order valence-electron chi connectivity index (χ0n) is 12.0. The monoisotopic (exact) mass is 313 g/mol. The third kappa shape index (κ3) is 2.86. The molecular formula is C13H19N3O4S. The largest absolute Gasteiger partial charge is 0.399 e. The molecule has 2 rings (SSSR count). The van der Waals surface area contributed by atoms with Crippen molar-refractivity contribution in [2.75, 3.05) is 12.3 Å². The van der Waals surface area contributed by atoms with Gasteiger partial charge in [-0.1, -0.05) is 13.8 Å². The first-order valence-corrected chi connectivity index (χ1v) is 8.25. The number of nitrogens with two attached hydrogens (primary N) is 1. The van der Waals surface area contributed by atoms with E-state index in [-0.39, 0.29) is 22.5 Å². The van der Waals surface area contributed by atoms with Gasteiger partial charge >= 0.3 is 0 Å². The molecule has 1 aromatic carbocycles. The van der Waals surface area contributed by atoms with E-state index in [1.807, 2.05) is 13.8 Å². The molecule has 1 aliphatic heterocycles. The highest BCUT2D eigenvalue weighted by molar-refractivity contribution is 7.89. The Hall–Kier alpha value is -1.67. The molecule has 0 saturated carbocycles. The van der Waals surface area contributed by atoms with Gasteiger partial charge in [0, 0.05) is 24.3 Å². The first kappa shape index (κ1) is 15.7. The van der Waals surface area contributed by atoms with Crippen molar-refractivity contribution in [1.82, 2.24) is 4.31 Å². The number of hydrogen-bond acceptors (Lipinski definition) is 5.